The van der Waals surface area contributed by atoms with Crippen molar-refractivity contribution in [3.63, 3.8) is 0 Å². The van der Waals surface area contributed by atoms with E-state index in [-0.39, 0.29) is 0 Å². The molecule has 114 valence electrons. The summed E-state index contributed by atoms with van der Waals surface area (Å²) in [6.45, 7) is 2.13. The zero-order chi connectivity index (χ0) is 15.8. The number of rotatable bonds is 3. The van der Waals surface area contributed by atoms with E-state index in [9.17, 15) is 0 Å². The van der Waals surface area contributed by atoms with E-state index in [1.807, 2.05) is 25.6 Å². The van der Waals surface area contributed by atoms with Crippen LogP contribution in [0, 0.1) is 6.92 Å². The quantitative estimate of drug-likeness (QED) is 0.605. The van der Waals surface area contributed by atoms with Gasteiger partial charge in [0.25, 0.3) is 0 Å². The molecule has 1 aromatic carbocycles. The van der Waals surface area contributed by atoms with Gasteiger partial charge in [-0.3, -0.25) is 0 Å². The van der Waals surface area contributed by atoms with Crippen molar-refractivity contribution in [1.82, 2.24) is 14.4 Å². The highest BCUT2D eigenvalue weighted by molar-refractivity contribution is 7.18. The third kappa shape index (κ3) is 2.39. The maximum Gasteiger partial charge on any atom is 0.182 e. The van der Waals surface area contributed by atoms with Gasteiger partial charge in [-0.15, -0.1) is 0 Å². The maximum absolute atomic E-state index is 4.53. The van der Waals surface area contributed by atoms with E-state index in [2.05, 4.69) is 63.1 Å². The summed E-state index contributed by atoms with van der Waals surface area (Å²) < 4.78 is 2.08. The molecule has 3 aromatic heterocycles. The van der Waals surface area contributed by atoms with Crippen LogP contribution in [0.15, 0.2) is 55.1 Å². The van der Waals surface area contributed by atoms with Gasteiger partial charge in [-0.2, -0.15) is 0 Å². The van der Waals surface area contributed by atoms with E-state index in [1.165, 1.54) is 11.1 Å². The van der Waals surface area contributed by atoms with Crippen LogP contribution in [-0.4, -0.2) is 21.4 Å². The summed E-state index contributed by atoms with van der Waals surface area (Å²) in [5.74, 6) is 0. The van der Waals surface area contributed by atoms with Crippen LogP contribution in [0.1, 0.15) is 5.56 Å². The molecular weight excluding hydrogens is 304 g/mol. The topological polar surface area (TPSA) is 42.2 Å². The molecule has 4 aromatic rings. The molecule has 0 aliphatic heterocycles. The number of benzene rings is 1. The lowest BCUT2D eigenvalue weighted by Gasteiger charge is -2.10. The number of imidazole rings is 1. The summed E-state index contributed by atoms with van der Waals surface area (Å²) in [6.07, 6.45) is 7.85. The van der Waals surface area contributed by atoms with Crippen LogP contribution in [-0.2, 0) is 0 Å². The number of aromatic nitrogens is 3. The van der Waals surface area contributed by atoms with E-state index in [0.29, 0.717) is 0 Å². The number of fused-ring (bicyclic) bond motifs is 1. The molecule has 0 saturated carbocycles. The number of nitrogens with one attached hydrogen (secondary N) is 1. The molecule has 0 fully saturated rings. The first kappa shape index (κ1) is 14.0. The Morgan fingerprint density at radius 3 is 2.78 bits per heavy atom. The minimum absolute atomic E-state index is 0.920. The third-order valence-corrected chi connectivity index (χ3v) is 4.99. The molecule has 0 spiro atoms. The van der Waals surface area contributed by atoms with Gasteiger partial charge in [0.05, 0.1) is 4.88 Å². The van der Waals surface area contributed by atoms with Gasteiger partial charge in [-0.25, -0.2) is 9.97 Å². The smallest absolute Gasteiger partial charge is 0.182 e. The number of anilines is 1. The fraction of sp³-hybridized carbons (Fsp3) is 0.111. The average molecular weight is 320 g/mol. The predicted molar refractivity (Wildman–Crippen MR) is 96.0 cm³/mol. The molecule has 23 heavy (non-hydrogen) atoms. The molecule has 0 aliphatic carbocycles. The highest BCUT2D eigenvalue weighted by atomic mass is 32.1. The maximum atomic E-state index is 4.53. The SMILES string of the molecule is CNc1ncc(-c2cc(-c3ccccc3C)c3nccn3c2)s1. The number of hydrogen-bond donors (Lipinski definition) is 1. The number of hydrogen-bond acceptors (Lipinski definition) is 4. The first-order chi connectivity index (χ1) is 11.3. The summed E-state index contributed by atoms with van der Waals surface area (Å²) >= 11 is 1.65. The minimum Gasteiger partial charge on any atom is -0.365 e. The Balaban J connectivity index is 1.96. The average Bonchev–Trinajstić information content (AvgIpc) is 3.23. The highest BCUT2D eigenvalue weighted by Crippen LogP contribution is 2.34. The second-order valence-corrected chi connectivity index (χ2v) is 6.43. The van der Waals surface area contributed by atoms with E-state index >= 15 is 0 Å². The summed E-state index contributed by atoms with van der Waals surface area (Å²) in [6, 6.07) is 10.6. The lowest BCUT2D eigenvalue weighted by atomic mass is 10.00. The summed E-state index contributed by atoms with van der Waals surface area (Å²) in [4.78, 5) is 10.1. The van der Waals surface area contributed by atoms with Crippen molar-refractivity contribution in [3.8, 4) is 21.6 Å². The van der Waals surface area contributed by atoms with Crippen LogP contribution in [0.2, 0.25) is 0 Å². The van der Waals surface area contributed by atoms with Crippen molar-refractivity contribution in [3.05, 3.63) is 60.7 Å². The molecule has 5 heteroatoms. The van der Waals surface area contributed by atoms with Gasteiger partial charge in [-0.05, 0) is 24.1 Å². The number of nitrogens with zero attached hydrogens (tertiary/aromatic N) is 3. The van der Waals surface area contributed by atoms with Crippen LogP contribution >= 0.6 is 11.3 Å². The summed E-state index contributed by atoms with van der Waals surface area (Å²) in [7, 11) is 1.89. The Labute approximate surface area is 138 Å². The van der Waals surface area contributed by atoms with Gasteiger partial charge in [0, 0.05) is 43.0 Å². The third-order valence-electron chi connectivity index (χ3n) is 3.93. The second kappa shape index (κ2) is 5.52. The molecule has 0 aliphatic rings. The Morgan fingerprint density at radius 2 is 2.00 bits per heavy atom. The van der Waals surface area contributed by atoms with Crippen LogP contribution in [0.5, 0.6) is 0 Å². The molecule has 0 bridgehead atoms. The molecule has 3 heterocycles. The van der Waals surface area contributed by atoms with Crippen LogP contribution in [0.3, 0.4) is 0 Å². The number of pyridine rings is 1. The van der Waals surface area contributed by atoms with Crippen molar-refractivity contribution in [2.24, 2.45) is 0 Å². The highest BCUT2D eigenvalue weighted by Gasteiger charge is 2.12. The van der Waals surface area contributed by atoms with Crippen LogP contribution in [0.25, 0.3) is 27.2 Å². The number of aryl methyl sites for hydroxylation is 1. The lowest BCUT2D eigenvalue weighted by molar-refractivity contribution is 1.19. The van der Waals surface area contributed by atoms with Crippen LogP contribution < -0.4 is 5.32 Å². The second-order valence-electron chi connectivity index (χ2n) is 5.40. The standard InChI is InChI=1S/C18H16N4S/c1-12-5-3-4-6-14(12)15-9-13(11-22-8-7-20-17(15)22)16-10-21-18(19-2)23-16/h3-11H,1-2H3,(H,19,21). The van der Waals surface area contributed by atoms with Crippen LogP contribution in [0.4, 0.5) is 5.13 Å². The number of thiazole rings is 1. The van der Waals surface area contributed by atoms with E-state index in [1.54, 1.807) is 11.3 Å². The van der Waals surface area contributed by atoms with E-state index in [4.69, 9.17) is 0 Å². The van der Waals surface area contributed by atoms with Crippen molar-refractivity contribution in [2.45, 2.75) is 6.92 Å². The normalized spacial score (nSPS) is 11.0. The van der Waals surface area contributed by atoms with E-state index < -0.39 is 0 Å². The van der Waals surface area contributed by atoms with Gasteiger partial charge < -0.3 is 9.72 Å². The Morgan fingerprint density at radius 1 is 1.13 bits per heavy atom. The van der Waals surface area contributed by atoms with Gasteiger partial charge in [0.2, 0.25) is 0 Å². The molecule has 1 N–H and O–H groups in total. The molecular formula is C18H16N4S. The monoisotopic (exact) mass is 320 g/mol. The predicted octanol–water partition coefficient (Wildman–Crippen LogP) is 4.47. The van der Waals surface area contributed by atoms with Gasteiger partial charge in [0.1, 0.15) is 5.65 Å². The first-order valence-corrected chi connectivity index (χ1v) is 8.24. The first-order valence-electron chi connectivity index (χ1n) is 7.43. The van der Waals surface area contributed by atoms with E-state index in [0.717, 1.165) is 26.8 Å². The van der Waals surface area contributed by atoms with Crippen molar-refractivity contribution < 1.29 is 0 Å². The molecule has 0 amide bonds. The largest absolute Gasteiger partial charge is 0.365 e. The van der Waals surface area contributed by atoms with Crippen molar-refractivity contribution in [1.29, 1.82) is 0 Å². The lowest BCUT2D eigenvalue weighted by Crippen LogP contribution is -1.92. The minimum atomic E-state index is 0.920. The molecule has 0 radical (unpaired) electrons. The Kier molecular flexibility index (Phi) is 3.35. The zero-order valence-electron chi connectivity index (χ0n) is 12.9. The molecule has 0 unspecified atom stereocenters. The fourth-order valence-electron chi connectivity index (χ4n) is 2.76. The fourth-order valence-corrected chi connectivity index (χ4v) is 3.51. The van der Waals surface area contributed by atoms with Crippen molar-refractivity contribution >= 4 is 22.1 Å². The molecule has 4 nitrogen and oxygen atoms in total. The molecule has 0 saturated heterocycles. The van der Waals surface area contributed by atoms with Gasteiger partial charge in [0.15, 0.2) is 5.13 Å². The Hall–Kier alpha value is -2.66. The summed E-state index contributed by atoms with van der Waals surface area (Å²) in [5.41, 5.74) is 5.72. The van der Waals surface area contributed by atoms with Crippen molar-refractivity contribution in [2.75, 3.05) is 12.4 Å². The van der Waals surface area contributed by atoms with Gasteiger partial charge >= 0.3 is 0 Å². The van der Waals surface area contributed by atoms with Gasteiger partial charge in [-0.1, -0.05) is 35.6 Å². The molecule has 4 rings (SSSR count). The Bertz CT molecular complexity index is 984. The zero-order valence-corrected chi connectivity index (χ0v) is 13.8. The molecule has 0 atom stereocenters. The summed E-state index contributed by atoms with van der Waals surface area (Å²) in [5, 5.41) is 4.01.